The number of H-pyrrole nitrogens is 1. The number of carboxylic acid groups (broad SMARTS) is 4. The maximum absolute atomic E-state index is 15.0. The Bertz CT molecular complexity index is 4970. The number of nitro groups is 1. The number of carbonyl (C=O) groups is 20. The van der Waals surface area contributed by atoms with E-state index in [2.05, 4.69) is 75.4 Å². The van der Waals surface area contributed by atoms with E-state index in [9.17, 15) is 122 Å². The van der Waals surface area contributed by atoms with Crippen molar-refractivity contribution in [1.29, 1.82) is 0 Å². The summed E-state index contributed by atoms with van der Waals surface area (Å²) in [4.78, 5) is 295. The number of hydrogen-bond acceptors (Lipinski definition) is 27. The summed E-state index contributed by atoms with van der Waals surface area (Å²) in [5.41, 5.74) is 13.0. The van der Waals surface area contributed by atoms with Crippen LogP contribution in [0.3, 0.4) is 0 Å². The number of primary amides is 1. The first kappa shape index (κ1) is 103. The van der Waals surface area contributed by atoms with Gasteiger partial charge in [-0.15, -0.1) is 0 Å². The number of ether oxygens (including phenoxy) is 1. The van der Waals surface area contributed by atoms with E-state index in [1.807, 2.05) is 16.0 Å². The van der Waals surface area contributed by atoms with Crippen molar-refractivity contribution >= 4 is 152 Å². The minimum atomic E-state index is -2.50. The number of ketones is 1. The average molecular weight is 1810 g/mol. The number of aromatic amines is 1. The molecule has 24 N–H and O–H groups in total. The number of amides is 14. The Kier molecular flexibility index (Phi) is 40.8. The van der Waals surface area contributed by atoms with Gasteiger partial charge in [-0.3, -0.25) is 106 Å². The molecule has 3 aromatic carbocycles. The van der Waals surface area contributed by atoms with E-state index < -0.39 is 266 Å². The molecule has 0 saturated carbocycles. The fourth-order valence-electron chi connectivity index (χ4n) is 13.4. The predicted octanol–water partition coefficient (Wildman–Crippen LogP) is -3.33. The molecule has 3 heterocycles. The highest BCUT2D eigenvalue weighted by Gasteiger charge is 2.41. The molecule has 0 aliphatic carbocycles. The third-order valence-electron chi connectivity index (χ3n) is 20.3. The Hall–Kier alpha value is -14.7. The number of nitrogens with zero attached hydrogens (tertiary/aromatic N) is 2. The summed E-state index contributed by atoms with van der Waals surface area (Å²) in [6, 6.07) is -3.96. The number of hydrogen-bond donors (Lipinski definition) is 22. The fraction of sp³-hybridized carbons (Fsp3) is 0.476. The maximum Gasteiger partial charge on any atom is 0.329 e. The Morgan fingerprint density at radius 2 is 1.17 bits per heavy atom. The molecule has 0 radical (unpaired) electrons. The number of unbranched alkanes of at least 4 members (excludes halogenated alkanes) is 6. The van der Waals surface area contributed by atoms with Gasteiger partial charge in [0.15, 0.2) is 5.78 Å². The van der Waals surface area contributed by atoms with Crippen LogP contribution in [0, 0.1) is 16.0 Å². The minimum Gasteiger partial charge on any atom is -0.481 e. The number of esters is 1. The molecule has 0 spiro atoms. The van der Waals surface area contributed by atoms with Crippen LogP contribution in [0.5, 0.6) is 0 Å². The van der Waals surface area contributed by atoms with E-state index in [0.29, 0.717) is 45.9 Å². The first-order valence-corrected chi connectivity index (χ1v) is 41.2. The summed E-state index contributed by atoms with van der Waals surface area (Å²) in [6.45, 7) is 1.15. The van der Waals surface area contributed by atoms with E-state index in [4.69, 9.17) is 16.2 Å². The summed E-state index contributed by atoms with van der Waals surface area (Å²) in [5, 5.41) is 94.4. The van der Waals surface area contributed by atoms with Crippen molar-refractivity contribution in [3.63, 3.8) is 0 Å². The van der Waals surface area contributed by atoms with E-state index in [-0.39, 0.29) is 49.3 Å². The monoisotopic (exact) mass is 1810 g/mol. The molecule has 1 fully saturated rings. The summed E-state index contributed by atoms with van der Waals surface area (Å²) in [7, 11) is 0. The Morgan fingerprint density at radius 1 is 0.589 bits per heavy atom. The van der Waals surface area contributed by atoms with Crippen LogP contribution >= 0.6 is 0 Å². The van der Waals surface area contributed by atoms with Gasteiger partial charge >= 0.3 is 29.8 Å². The van der Waals surface area contributed by atoms with Crippen molar-refractivity contribution in [2.75, 3.05) is 32.0 Å². The quantitative estimate of drug-likeness (QED) is 0.00457. The topological polar surface area (TPSA) is 744 Å². The second-order valence-corrected chi connectivity index (χ2v) is 30.6. The van der Waals surface area contributed by atoms with Gasteiger partial charge in [-0.2, -0.15) is 0 Å². The normalized spacial score (nSPS) is 20.1. The molecule has 47 heteroatoms. The Balaban J connectivity index is 1.43. The van der Waals surface area contributed by atoms with Crippen LogP contribution in [-0.4, -0.2) is 258 Å². The van der Waals surface area contributed by atoms with Crippen LogP contribution in [-0.2, 0) is 109 Å². The van der Waals surface area contributed by atoms with E-state index in [0.717, 1.165) is 52.9 Å². The molecule has 13 unspecified atom stereocenters. The average Bonchev–Trinajstić information content (AvgIpc) is 1.51. The van der Waals surface area contributed by atoms with Gasteiger partial charge in [-0.05, 0) is 81.5 Å². The number of anilines is 1. The smallest absolute Gasteiger partial charge is 0.329 e. The molecule has 13 atom stereocenters. The lowest BCUT2D eigenvalue weighted by Crippen LogP contribution is -2.62. The lowest BCUT2D eigenvalue weighted by molar-refractivity contribution is -0.384. The molecule has 14 amide bonds. The largest absolute Gasteiger partial charge is 0.481 e. The third-order valence-corrected chi connectivity index (χ3v) is 20.3. The van der Waals surface area contributed by atoms with Crippen LogP contribution in [0.2, 0.25) is 0 Å². The van der Waals surface area contributed by atoms with Gasteiger partial charge in [0, 0.05) is 71.7 Å². The standard InChI is InChI=1S/C82H107N19O28/c1-5-6-7-8-9-10-11-22-63(105)92-54(30-45-36-86-52-20-15-13-17-48(45)52)76(120)95-55(32-62(84)104)77(121)97-58(35-69(114)115)78(122)100-71-43(4)129-82(126)59(31-61(103)49-18-12-14-19-50(49)83)98-81(125)70(41(2)28-66(108)109)99-79(123)60(40-102)93-65(107)38-87-73(117)56(33-67(110)111)94-72(116)42(3)89-75(119)57(34-68(112)113)96-74(118)53(91-64(106)39-88-80(71)124)21-16-27-85-37-46-24-23-44-29-47(101(127)128)25-26-51(44)90-46/h12-15,17-20,23-26,29,36,41-43,53-60,70-71,85-86,102H,5-11,16,21-22,27-28,30-35,37-40,83H2,1-4H3,(H2,84,104)(H,87,117)(H,88,124)(H,89,119)(H,91,106)(H,92,105)(H,93,107)(H,94,116)(H,95,120)(H,96,118)(H,97,121)(H,98,125)(H,99,123)(H,100,122)(H,108,109)(H,110,111)(H,112,113)(H,114,115). The molecule has 1 saturated heterocycles. The number of cyclic esters (lactones) is 1. The molecule has 6 rings (SSSR count). The maximum atomic E-state index is 15.0. The number of aliphatic hydroxyl groups excluding tert-OH is 1. The fourth-order valence-corrected chi connectivity index (χ4v) is 13.4. The zero-order valence-corrected chi connectivity index (χ0v) is 70.8. The molecule has 1 aliphatic heterocycles. The van der Waals surface area contributed by atoms with Gasteiger partial charge in [-0.1, -0.05) is 88.8 Å². The number of aliphatic hydroxyl groups is 1. The SMILES string of the molecule is CCCCCCCCCC(=O)NC(Cc1c[nH]c2ccccc12)C(=O)NC(CC(N)=O)C(=O)NC(CC(=O)O)C(=O)NC1C(=O)NCC(=O)NC(CCCNCc2ccc3cc([N+](=O)[O-])ccc3n2)C(=O)NC(CC(=O)O)C(=O)NC(C)C(=O)NC(CC(=O)O)C(=O)NCC(=O)NC(CO)C(=O)NC(C(C)CC(=O)O)C(=O)NC(CC(=O)c2ccccc2N)C(=O)OC1C. The molecular weight excluding hydrogens is 1700 g/mol. The number of nitrogens with one attached hydrogen (secondary N) is 15. The summed E-state index contributed by atoms with van der Waals surface area (Å²) in [5.74, 6) is -30.2. The number of benzene rings is 3. The van der Waals surface area contributed by atoms with E-state index in [1.54, 1.807) is 42.6 Å². The number of aliphatic carboxylic acids is 4. The summed E-state index contributed by atoms with van der Waals surface area (Å²) >= 11 is 0. The number of non-ortho nitro benzene ring substituents is 1. The van der Waals surface area contributed by atoms with Gasteiger partial charge in [0.25, 0.3) is 5.69 Å². The molecule has 47 nitrogen and oxygen atoms in total. The van der Waals surface area contributed by atoms with Gasteiger partial charge in [-0.25, -0.2) is 4.79 Å². The summed E-state index contributed by atoms with van der Waals surface area (Å²) in [6.07, 6.45) is -2.72. The number of nitrogen functional groups attached to an aromatic ring is 1. The zero-order chi connectivity index (χ0) is 95.3. The molecule has 129 heavy (non-hydrogen) atoms. The molecular formula is C82H107N19O28. The van der Waals surface area contributed by atoms with Crippen LogP contribution in [0.4, 0.5) is 11.4 Å². The molecule has 5 aromatic rings. The first-order chi connectivity index (χ1) is 61.1. The van der Waals surface area contributed by atoms with E-state index in [1.165, 1.54) is 42.5 Å². The zero-order valence-electron chi connectivity index (χ0n) is 70.8. The molecule has 698 valence electrons. The van der Waals surface area contributed by atoms with E-state index >= 15 is 9.59 Å². The second kappa shape index (κ2) is 51.1. The highest BCUT2D eigenvalue weighted by molar-refractivity contribution is 6.05. The number of rotatable bonds is 39. The van der Waals surface area contributed by atoms with Gasteiger partial charge in [0.1, 0.15) is 72.6 Å². The van der Waals surface area contributed by atoms with Crippen molar-refractivity contribution < 1.29 is 131 Å². The van der Waals surface area contributed by atoms with Crippen molar-refractivity contribution in [1.82, 2.24) is 84.4 Å². The number of aromatic nitrogens is 2. The van der Waals surface area contributed by atoms with Crippen LogP contribution < -0.4 is 85.9 Å². The highest BCUT2D eigenvalue weighted by Crippen LogP contribution is 2.24. The number of nitrogens with two attached hydrogens (primary N) is 2. The van der Waals surface area contributed by atoms with Crippen molar-refractivity contribution in [2.45, 2.75) is 216 Å². The van der Waals surface area contributed by atoms with Crippen LogP contribution in [0.15, 0.2) is 85.1 Å². The number of nitro benzene ring substituents is 1. The molecule has 1 aliphatic rings. The first-order valence-electron chi connectivity index (χ1n) is 41.2. The third kappa shape index (κ3) is 34.0. The van der Waals surface area contributed by atoms with Gasteiger partial charge in [0.05, 0.1) is 67.9 Å². The Labute approximate surface area is 735 Å². The van der Waals surface area contributed by atoms with Crippen LogP contribution in [0.25, 0.3) is 21.8 Å². The second-order valence-electron chi connectivity index (χ2n) is 30.6. The number of carbonyl (C=O) groups excluding carboxylic acids is 16. The van der Waals surface area contributed by atoms with Gasteiger partial charge in [0.2, 0.25) is 82.7 Å². The number of Topliss-reactive ketones (excluding diaryl/α,β-unsaturated/α-hetero) is 1. The lowest BCUT2D eigenvalue weighted by atomic mass is 9.96. The highest BCUT2D eigenvalue weighted by atomic mass is 16.6. The predicted molar refractivity (Wildman–Crippen MR) is 451 cm³/mol. The number of pyridine rings is 1. The van der Waals surface area contributed by atoms with Crippen molar-refractivity contribution in [3.05, 3.63) is 112 Å². The number of carboxylic acids is 4. The molecule has 0 bridgehead atoms. The Morgan fingerprint density at radius 3 is 1.81 bits per heavy atom. The molecule has 2 aromatic heterocycles. The number of fused-ring (bicyclic) bond motifs is 2. The van der Waals surface area contributed by atoms with Gasteiger partial charge < -0.3 is 121 Å². The van der Waals surface area contributed by atoms with Crippen LogP contribution in [0.1, 0.15) is 152 Å². The summed E-state index contributed by atoms with van der Waals surface area (Å²) < 4.78 is 5.74. The minimum absolute atomic E-state index is 0.0160. The van der Waals surface area contributed by atoms with Crippen molar-refractivity contribution in [3.8, 4) is 0 Å². The van der Waals surface area contributed by atoms with Crippen molar-refractivity contribution in [2.24, 2.45) is 11.7 Å². The lowest BCUT2D eigenvalue weighted by Gasteiger charge is -2.30. The number of para-hydroxylation sites is 2.